The van der Waals surface area contributed by atoms with Gasteiger partial charge in [0.2, 0.25) is 0 Å². The number of guanidine groups is 1. The molecule has 1 unspecified atom stereocenters. The van der Waals surface area contributed by atoms with Gasteiger partial charge in [-0.1, -0.05) is 13.0 Å². The van der Waals surface area contributed by atoms with E-state index in [4.69, 9.17) is 0 Å². The molecule has 3 rings (SSSR count). The van der Waals surface area contributed by atoms with Crippen molar-refractivity contribution >= 4 is 52.6 Å². The number of piperidine rings is 1. The zero-order valence-corrected chi connectivity index (χ0v) is 20.9. The van der Waals surface area contributed by atoms with Gasteiger partial charge in [0.25, 0.3) is 0 Å². The molecule has 3 heterocycles. The van der Waals surface area contributed by atoms with Gasteiger partial charge in [-0.05, 0) is 43.3 Å². The van der Waals surface area contributed by atoms with Crippen molar-refractivity contribution in [3.05, 3.63) is 38.5 Å². The van der Waals surface area contributed by atoms with Crippen LogP contribution in [0.3, 0.4) is 0 Å². The second-order valence-corrected chi connectivity index (χ2v) is 9.10. The minimum absolute atomic E-state index is 0. The summed E-state index contributed by atoms with van der Waals surface area (Å²) < 4.78 is 38.1. The third-order valence-electron chi connectivity index (χ3n) is 5.07. The molecule has 168 valence electrons. The molecule has 30 heavy (non-hydrogen) atoms. The van der Waals surface area contributed by atoms with Gasteiger partial charge in [0.15, 0.2) is 11.7 Å². The number of thiazole rings is 1. The lowest BCUT2D eigenvalue weighted by Gasteiger charge is -2.36. The predicted octanol–water partition coefficient (Wildman–Crippen LogP) is 4.98. The molecule has 5 nitrogen and oxygen atoms in total. The summed E-state index contributed by atoms with van der Waals surface area (Å²) in [6, 6.07) is 4.46. The average Bonchev–Trinajstić information content (AvgIpc) is 3.37. The highest BCUT2D eigenvalue weighted by Crippen LogP contribution is 2.30. The Hall–Kier alpha value is -0.920. The van der Waals surface area contributed by atoms with E-state index in [0.717, 1.165) is 35.7 Å². The van der Waals surface area contributed by atoms with Crippen molar-refractivity contribution in [2.24, 2.45) is 10.9 Å². The Kier molecular flexibility index (Phi) is 9.82. The number of hydrogen-bond acceptors (Lipinski definition) is 5. The maximum Gasteiger partial charge on any atom is 0.434 e. The first-order valence-corrected chi connectivity index (χ1v) is 11.4. The van der Waals surface area contributed by atoms with E-state index < -0.39 is 11.9 Å². The number of rotatable bonds is 6. The molecule has 2 aromatic rings. The third-order valence-corrected chi connectivity index (χ3v) is 6.89. The first-order valence-electron chi connectivity index (χ1n) is 9.60. The minimum atomic E-state index is -4.41. The predicted molar refractivity (Wildman–Crippen MR) is 128 cm³/mol. The molecule has 2 N–H and O–H groups in total. The van der Waals surface area contributed by atoms with Crippen molar-refractivity contribution in [1.82, 2.24) is 20.5 Å². The van der Waals surface area contributed by atoms with Crippen molar-refractivity contribution in [1.29, 1.82) is 0 Å². The van der Waals surface area contributed by atoms with Crippen LogP contribution >= 0.6 is 46.7 Å². The second-order valence-electron chi connectivity index (χ2n) is 7.18. The van der Waals surface area contributed by atoms with Crippen LogP contribution in [-0.2, 0) is 12.7 Å². The van der Waals surface area contributed by atoms with Crippen molar-refractivity contribution in [2.45, 2.75) is 38.5 Å². The van der Waals surface area contributed by atoms with Gasteiger partial charge in [-0.15, -0.1) is 46.7 Å². The van der Waals surface area contributed by atoms with Gasteiger partial charge in [0.1, 0.15) is 5.01 Å². The van der Waals surface area contributed by atoms with Gasteiger partial charge in [0, 0.05) is 23.8 Å². The zero-order chi connectivity index (χ0) is 20.9. The van der Waals surface area contributed by atoms with Gasteiger partial charge >= 0.3 is 6.18 Å². The summed E-state index contributed by atoms with van der Waals surface area (Å²) in [5.74, 6) is 1.32. The summed E-state index contributed by atoms with van der Waals surface area (Å²) >= 11 is 2.73. The molecular formula is C19H27F3IN5S2. The molecule has 0 aromatic carbocycles. The number of halogens is 4. The number of aromatic nitrogens is 1. The standard InChI is InChI=1S/C19H26F3N5S2.HI/c1-13-5-7-27(8-6-13)14(15-4-3-9-28-15)10-24-18(23-2)25-11-17-26-16(12-29-17)19(20,21)22;/h3-4,9,12-14H,5-8,10-11H2,1-2H3,(H2,23,24,25);1H. The Morgan fingerprint density at radius 1 is 1.30 bits per heavy atom. The van der Waals surface area contributed by atoms with E-state index >= 15 is 0 Å². The number of nitrogens with one attached hydrogen (secondary N) is 2. The lowest BCUT2D eigenvalue weighted by Crippen LogP contribution is -2.44. The molecule has 0 amide bonds. The summed E-state index contributed by atoms with van der Waals surface area (Å²) in [7, 11) is 1.65. The summed E-state index contributed by atoms with van der Waals surface area (Å²) in [5, 5.41) is 9.90. The summed E-state index contributed by atoms with van der Waals surface area (Å²) in [6.45, 7) is 5.31. The fourth-order valence-electron chi connectivity index (χ4n) is 3.33. The van der Waals surface area contributed by atoms with Crippen LogP contribution in [0.5, 0.6) is 0 Å². The molecule has 0 spiro atoms. The van der Waals surface area contributed by atoms with E-state index in [-0.39, 0.29) is 36.6 Å². The van der Waals surface area contributed by atoms with Crippen molar-refractivity contribution < 1.29 is 13.2 Å². The van der Waals surface area contributed by atoms with E-state index in [9.17, 15) is 13.2 Å². The van der Waals surface area contributed by atoms with Crippen LogP contribution in [0.2, 0.25) is 0 Å². The molecule has 0 aliphatic carbocycles. The Morgan fingerprint density at radius 2 is 2.03 bits per heavy atom. The zero-order valence-electron chi connectivity index (χ0n) is 16.9. The fourth-order valence-corrected chi connectivity index (χ4v) is 4.93. The van der Waals surface area contributed by atoms with Crippen molar-refractivity contribution in [2.75, 3.05) is 26.7 Å². The second kappa shape index (κ2) is 11.6. The Labute approximate surface area is 200 Å². The topological polar surface area (TPSA) is 52.6 Å². The first-order chi connectivity index (χ1) is 13.9. The lowest BCUT2D eigenvalue weighted by atomic mass is 9.97. The van der Waals surface area contributed by atoms with Crippen LogP contribution in [-0.4, -0.2) is 42.5 Å². The van der Waals surface area contributed by atoms with Crippen molar-refractivity contribution in [3.8, 4) is 0 Å². The molecule has 1 saturated heterocycles. The van der Waals surface area contributed by atoms with E-state index in [0.29, 0.717) is 17.5 Å². The SMILES string of the molecule is CN=C(NCc1nc(C(F)(F)F)cs1)NCC(c1cccs1)N1CCC(C)CC1.I. The average molecular weight is 573 g/mol. The molecular weight excluding hydrogens is 546 g/mol. The lowest BCUT2D eigenvalue weighted by molar-refractivity contribution is -0.140. The van der Waals surface area contributed by atoms with Gasteiger partial charge in [0.05, 0.1) is 12.6 Å². The van der Waals surface area contributed by atoms with Crippen LogP contribution in [0, 0.1) is 5.92 Å². The Morgan fingerprint density at radius 3 is 2.60 bits per heavy atom. The first kappa shape index (κ1) is 25.3. The smallest absolute Gasteiger partial charge is 0.354 e. The molecule has 1 atom stereocenters. The summed E-state index contributed by atoms with van der Waals surface area (Å²) in [4.78, 5) is 11.7. The Bertz CT molecular complexity index is 786. The van der Waals surface area contributed by atoms with Crippen LogP contribution < -0.4 is 10.6 Å². The molecule has 11 heteroatoms. The van der Waals surface area contributed by atoms with Gasteiger partial charge in [-0.2, -0.15) is 13.2 Å². The van der Waals surface area contributed by atoms with Gasteiger partial charge < -0.3 is 10.6 Å². The van der Waals surface area contributed by atoms with Crippen LogP contribution in [0.4, 0.5) is 13.2 Å². The van der Waals surface area contributed by atoms with Gasteiger partial charge in [-0.25, -0.2) is 4.98 Å². The summed E-state index contributed by atoms with van der Waals surface area (Å²) in [5.41, 5.74) is -0.848. The van der Waals surface area contributed by atoms with E-state index in [1.165, 1.54) is 17.7 Å². The largest absolute Gasteiger partial charge is 0.434 e. The Balaban J connectivity index is 0.00000320. The number of thiophene rings is 1. The monoisotopic (exact) mass is 573 g/mol. The third kappa shape index (κ3) is 7.06. The molecule has 0 radical (unpaired) electrons. The van der Waals surface area contributed by atoms with E-state index in [1.54, 1.807) is 18.4 Å². The summed E-state index contributed by atoms with van der Waals surface area (Å²) in [6.07, 6.45) is -2.02. The maximum atomic E-state index is 12.7. The normalized spacial score (nSPS) is 17.4. The highest BCUT2D eigenvalue weighted by molar-refractivity contribution is 14.0. The molecule has 0 saturated carbocycles. The van der Waals surface area contributed by atoms with Crippen LogP contribution in [0.1, 0.15) is 41.4 Å². The number of likely N-dealkylation sites (tertiary alicyclic amines) is 1. The van der Waals surface area contributed by atoms with Crippen LogP contribution in [0.25, 0.3) is 0 Å². The fraction of sp³-hybridized carbons (Fsp3) is 0.579. The highest BCUT2D eigenvalue weighted by atomic mass is 127. The quantitative estimate of drug-likeness (QED) is 0.291. The molecule has 1 aliphatic heterocycles. The number of aliphatic imine (C=N–C) groups is 1. The highest BCUT2D eigenvalue weighted by Gasteiger charge is 2.33. The number of nitrogens with zero attached hydrogens (tertiary/aromatic N) is 3. The van der Waals surface area contributed by atoms with E-state index in [2.05, 4.69) is 49.9 Å². The maximum absolute atomic E-state index is 12.7. The van der Waals surface area contributed by atoms with E-state index in [1.807, 2.05) is 0 Å². The molecule has 1 fully saturated rings. The number of hydrogen-bond donors (Lipinski definition) is 2. The molecule has 2 aromatic heterocycles. The molecule has 1 aliphatic rings. The van der Waals surface area contributed by atoms with Gasteiger partial charge in [-0.3, -0.25) is 9.89 Å². The molecule has 0 bridgehead atoms. The van der Waals surface area contributed by atoms with Crippen molar-refractivity contribution in [3.63, 3.8) is 0 Å². The minimum Gasteiger partial charge on any atom is -0.354 e. The number of alkyl halides is 3. The van der Waals surface area contributed by atoms with Crippen LogP contribution in [0.15, 0.2) is 27.9 Å².